The molecule has 1 aromatic carbocycles. The van der Waals surface area contributed by atoms with Crippen molar-refractivity contribution in [2.75, 3.05) is 18.4 Å². The topological polar surface area (TPSA) is 93.5 Å². The molecule has 3 rings (SSSR count). The molecule has 2 fully saturated rings. The molecule has 1 aliphatic heterocycles. The third-order valence-corrected chi connectivity index (χ3v) is 6.07. The molecular formula is C21H32ClN3O3. The van der Waals surface area contributed by atoms with E-state index in [2.05, 4.69) is 17.6 Å². The van der Waals surface area contributed by atoms with E-state index >= 15 is 0 Å². The third-order valence-electron chi connectivity index (χ3n) is 6.07. The first-order valence-electron chi connectivity index (χ1n) is 9.95. The summed E-state index contributed by atoms with van der Waals surface area (Å²) in [6.45, 7) is 4.88. The summed E-state index contributed by atoms with van der Waals surface area (Å²) in [5, 5.41) is 6.04. The lowest BCUT2D eigenvalue weighted by Crippen LogP contribution is -2.46. The van der Waals surface area contributed by atoms with Gasteiger partial charge in [-0.05, 0) is 62.8 Å². The molecule has 0 unspecified atom stereocenters. The van der Waals surface area contributed by atoms with Gasteiger partial charge in [-0.2, -0.15) is 0 Å². The zero-order valence-electron chi connectivity index (χ0n) is 16.8. The van der Waals surface area contributed by atoms with E-state index in [1.165, 1.54) is 5.56 Å². The zero-order chi connectivity index (χ0) is 19.4. The highest BCUT2D eigenvalue weighted by Crippen LogP contribution is 2.39. The molecule has 1 heterocycles. The van der Waals surface area contributed by atoms with Gasteiger partial charge in [0.05, 0.1) is 11.5 Å². The highest BCUT2D eigenvalue weighted by molar-refractivity contribution is 5.96. The number of hydrogen-bond acceptors (Lipinski definition) is 4. The van der Waals surface area contributed by atoms with Gasteiger partial charge in [0.15, 0.2) is 0 Å². The van der Waals surface area contributed by atoms with Crippen molar-refractivity contribution in [3.8, 4) is 0 Å². The van der Waals surface area contributed by atoms with Crippen LogP contribution in [-0.2, 0) is 14.3 Å². The number of rotatable bonds is 6. The van der Waals surface area contributed by atoms with Crippen LogP contribution in [0, 0.1) is 19.3 Å². The molecule has 1 saturated carbocycles. The minimum Gasteiger partial charge on any atom is -0.364 e. The lowest BCUT2D eigenvalue weighted by Gasteiger charge is -2.28. The molecule has 2 aliphatic rings. The summed E-state index contributed by atoms with van der Waals surface area (Å²) >= 11 is 0. The average Bonchev–Trinajstić information content (AvgIpc) is 3.33. The Balaban J connectivity index is 0.00000280. The molecule has 2 atom stereocenters. The molecular weight excluding hydrogens is 378 g/mol. The molecule has 156 valence electrons. The van der Waals surface area contributed by atoms with E-state index in [9.17, 15) is 9.59 Å². The second-order valence-corrected chi connectivity index (χ2v) is 8.02. The molecule has 7 heteroatoms. The fourth-order valence-electron chi connectivity index (χ4n) is 4.06. The van der Waals surface area contributed by atoms with Gasteiger partial charge < -0.3 is 21.1 Å². The maximum atomic E-state index is 13.1. The number of nitrogens with one attached hydrogen (secondary N) is 2. The van der Waals surface area contributed by atoms with Crippen LogP contribution >= 0.6 is 12.4 Å². The molecule has 1 aliphatic carbocycles. The second-order valence-electron chi connectivity index (χ2n) is 8.02. The van der Waals surface area contributed by atoms with Crippen LogP contribution in [0.5, 0.6) is 0 Å². The molecule has 6 nitrogen and oxygen atoms in total. The predicted molar refractivity (Wildman–Crippen MR) is 113 cm³/mol. The molecule has 1 aromatic rings. The smallest absolute Gasteiger partial charge is 0.249 e. The van der Waals surface area contributed by atoms with Crippen molar-refractivity contribution < 1.29 is 14.3 Å². The van der Waals surface area contributed by atoms with Crippen molar-refractivity contribution in [2.45, 2.75) is 64.6 Å². The number of nitrogens with two attached hydrogens (primary N) is 1. The summed E-state index contributed by atoms with van der Waals surface area (Å²) in [6.07, 6.45) is 4.62. The molecule has 4 N–H and O–H groups in total. The Morgan fingerprint density at radius 2 is 1.89 bits per heavy atom. The number of hydrogen-bond donors (Lipinski definition) is 3. The van der Waals surface area contributed by atoms with E-state index in [0.29, 0.717) is 19.5 Å². The number of benzene rings is 1. The van der Waals surface area contributed by atoms with Crippen molar-refractivity contribution >= 4 is 29.9 Å². The van der Waals surface area contributed by atoms with Gasteiger partial charge in [0.1, 0.15) is 6.10 Å². The van der Waals surface area contributed by atoms with Gasteiger partial charge >= 0.3 is 0 Å². The number of ether oxygens (including phenoxy) is 1. The second kappa shape index (κ2) is 9.72. The number of aryl methyl sites for hydroxylation is 2. The van der Waals surface area contributed by atoms with Crippen LogP contribution < -0.4 is 16.4 Å². The number of anilines is 1. The first kappa shape index (κ1) is 22.7. The van der Waals surface area contributed by atoms with Gasteiger partial charge in [-0.25, -0.2) is 0 Å². The zero-order valence-corrected chi connectivity index (χ0v) is 17.6. The van der Waals surface area contributed by atoms with Gasteiger partial charge in [-0.15, -0.1) is 12.4 Å². The summed E-state index contributed by atoms with van der Waals surface area (Å²) in [5.41, 5.74) is 8.23. The summed E-state index contributed by atoms with van der Waals surface area (Å²) in [4.78, 5) is 25.5. The molecule has 2 amide bonds. The van der Waals surface area contributed by atoms with Crippen molar-refractivity contribution in [3.63, 3.8) is 0 Å². The lowest BCUT2D eigenvalue weighted by atomic mass is 9.84. The Kier molecular flexibility index (Phi) is 7.87. The van der Waals surface area contributed by atoms with Crippen LogP contribution in [0.4, 0.5) is 5.69 Å². The molecule has 0 spiro atoms. The van der Waals surface area contributed by atoms with Crippen LogP contribution in [0.2, 0.25) is 0 Å². The average molecular weight is 410 g/mol. The largest absolute Gasteiger partial charge is 0.364 e. The fraction of sp³-hybridized carbons (Fsp3) is 0.619. The SMILES string of the molecule is Cc1ccc(NC(=O)C2(CNC(=O)[C@@H]3CC[C@H](CN)O3)CCCC2)cc1C.Cl. The molecule has 1 saturated heterocycles. The molecule has 0 aromatic heterocycles. The number of amides is 2. The quantitative estimate of drug-likeness (QED) is 0.673. The number of carbonyl (C=O) groups is 2. The van der Waals surface area contributed by atoms with Crippen LogP contribution in [0.1, 0.15) is 49.7 Å². The monoisotopic (exact) mass is 409 g/mol. The summed E-state index contributed by atoms with van der Waals surface area (Å²) in [6, 6.07) is 5.94. The Morgan fingerprint density at radius 3 is 2.50 bits per heavy atom. The highest BCUT2D eigenvalue weighted by Gasteiger charge is 2.42. The van der Waals surface area contributed by atoms with Gasteiger partial charge in [-0.1, -0.05) is 18.9 Å². The van der Waals surface area contributed by atoms with E-state index in [0.717, 1.165) is 43.4 Å². The van der Waals surface area contributed by atoms with Gasteiger partial charge in [0.25, 0.3) is 0 Å². The fourth-order valence-corrected chi connectivity index (χ4v) is 4.06. The molecule has 28 heavy (non-hydrogen) atoms. The Hall–Kier alpha value is -1.63. The number of carbonyl (C=O) groups excluding carboxylic acids is 2. The van der Waals surface area contributed by atoms with E-state index in [4.69, 9.17) is 10.5 Å². The van der Waals surface area contributed by atoms with E-state index in [-0.39, 0.29) is 30.3 Å². The van der Waals surface area contributed by atoms with Gasteiger partial charge in [0.2, 0.25) is 11.8 Å². The standard InChI is InChI=1S/C21H31N3O3.ClH/c1-14-5-6-16(11-15(14)2)24-20(26)21(9-3-4-10-21)13-23-19(25)18-8-7-17(12-22)27-18;/h5-6,11,17-18H,3-4,7-10,12-13,22H2,1-2H3,(H,23,25)(H,24,26);1H/t17-,18+;/m1./s1. The minimum absolute atomic E-state index is 0. The van der Waals surface area contributed by atoms with Crippen LogP contribution in [-0.4, -0.2) is 37.1 Å². The van der Waals surface area contributed by atoms with Crippen molar-refractivity contribution in [1.29, 1.82) is 0 Å². The van der Waals surface area contributed by atoms with Crippen LogP contribution in [0.25, 0.3) is 0 Å². The Bertz CT molecular complexity index is 704. The van der Waals surface area contributed by atoms with Crippen LogP contribution in [0.3, 0.4) is 0 Å². The van der Waals surface area contributed by atoms with E-state index < -0.39 is 11.5 Å². The maximum Gasteiger partial charge on any atom is 0.249 e. The summed E-state index contributed by atoms with van der Waals surface area (Å²) < 4.78 is 5.66. The molecule has 0 radical (unpaired) electrons. The van der Waals surface area contributed by atoms with Gasteiger partial charge in [-0.3, -0.25) is 9.59 Å². The Morgan fingerprint density at radius 1 is 1.18 bits per heavy atom. The molecule has 0 bridgehead atoms. The lowest BCUT2D eigenvalue weighted by molar-refractivity contribution is -0.133. The summed E-state index contributed by atoms with van der Waals surface area (Å²) in [7, 11) is 0. The predicted octanol–water partition coefficient (Wildman–Crippen LogP) is 2.85. The normalized spacial score (nSPS) is 23.1. The third kappa shape index (κ3) is 5.04. The van der Waals surface area contributed by atoms with Crippen LogP contribution in [0.15, 0.2) is 18.2 Å². The van der Waals surface area contributed by atoms with Gasteiger partial charge in [0, 0.05) is 18.8 Å². The number of halogens is 1. The Labute approximate surface area is 173 Å². The maximum absolute atomic E-state index is 13.1. The van der Waals surface area contributed by atoms with Crippen molar-refractivity contribution in [2.24, 2.45) is 11.1 Å². The first-order valence-corrected chi connectivity index (χ1v) is 9.95. The van der Waals surface area contributed by atoms with E-state index in [1.54, 1.807) is 0 Å². The minimum atomic E-state index is -0.541. The van der Waals surface area contributed by atoms with Crippen molar-refractivity contribution in [3.05, 3.63) is 29.3 Å². The first-order chi connectivity index (χ1) is 12.9. The van der Waals surface area contributed by atoms with Crippen molar-refractivity contribution in [1.82, 2.24) is 5.32 Å². The van der Waals surface area contributed by atoms with E-state index in [1.807, 2.05) is 25.1 Å². The highest BCUT2D eigenvalue weighted by atomic mass is 35.5. The summed E-state index contributed by atoms with van der Waals surface area (Å²) in [5.74, 6) is -0.132.